The van der Waals surface area contributed by atoms with E-state index < -0.39 is 0 Å². The Hall–Kier alpha value is -1.92. The minimum absolute atomic E-state index is 0.0354. The molecule has 1 N–H and O–H groups in total. The second-order valence-electron chi connectivity index (χ2n) is 4.57. The minimum Gasteiger partial charge on any atom is -0.491 e. The summed E-state index contributed by atoms with van der Waals surface area (Å²) in [5, 5.41) is 9.29. The first-order valence-corrected chi connectivity index (χ1v) is 7.14. The molecule has 112 valence electrons. The number of carbonyl (C=O) groups is 1. The Morgan fingerprint density at radius 3 is 2.81 bits per heavy atom. The molecule has 1 aliphatic rings. The van der Waals surface area contributed by atoms with Crippen molar-refractivity contribution in [2.24, 2.45) is 0 Å². The van der Waals surface area contributed by atoms with Crippen molar-refractivity contribution in [3.05, 3.63) is 35.5 Å². The van der Waals surface area contributed by atoms with Gasteiger partial charge >= 0.3 is 0 Å². The number of thiocarbonyl (C=S) groups is 1. The zero-order chi connectivity index (χ0) is 15.4. The lowest BCUT2D eigenvalue weighted by Crippen LogP contribution is -2.30. The van der Waals surface area contributed by atoms with E-state index in [0.29, 0.717) is 23.1 Å². The van der Waals surface area contributed by atoms with Crippen molar-refractivity contribution in [3.8, 4) is 5.75 Å². The van der Waals surface area contributed by atoms with Crippen LogP contribution in [0.4, 0.5) is 0 Å². The van der Waals surface area contributed by atoms with Crippen molar-refractivity contribution >= 4 is 29.3 Å². The number of ether oxygens (including phenoxy) is 1. The molecule has 6 heteroatoms. The molecule has 21 heavy (non-hydrogen) atoms. The number of amides is 1. The van der Waals surface area contributed by atoms with Crippen molar-refractivity contribution in [1.82, 2.24) is 9.80 Å². The topological polar surface area (TPSA) is 53.0 Å². The first kappa shape index (κ1) is 15.5. The second-order valence-corrected chi connectivity index (χ2v) is 4.93. The predicted octanol–water partition coefficient (Wildman–Crippen LogP) is 1.48. The van der Waals surface area contributed by atoms with Crippen LogP contribution in [0.1, 0.15) is 12.5 Å². The highest BCUT2D eigenvalue weighted by Gasteiger charge is 2.34. The van der Waals surface area contributed by atoms with Crippen LogP contribution in [0.15, 0.2) is 30.0 Å². The third-order valence-corrected chi connectivity index (χ3v) is 3.68. The van der Waals surface area contributed by atoms with Crippen LogP contribution in [0.2, 0.25) is 0 Å². The van der Waals surface area contributed by atoms with Gasteiger partial charge in [-0.25, -0.2) is 0 Å². The Bertz CT molecular complexity index is 586. The van der Waals surface area contributed by atoms with Crippen molar-refractivity contribution in [2.75, 3.05) is 26.8 Å². The lowest BCUT2D eigenvalue weighted by Gasteiger charge is -2.13. The number of nitrogens with zero attached hydrogens (tertiary/aromatic N) is 2. The van der Waals surface area contributed by atoms with E-state index in [1.54, 1.807) is 29.0 Å². The van der Waals surface area contributed by atoms with Gasteiger partial charge in [0.15, 0.2) is 5.11 Å². The molecular weight excluding hydrogens is 288 g/mol. The molecule has 0 unspecified atom stereocenters. The third kappa shape index (κ3) is 3.22. The number of hydrogen-bond donors (Lipinski definition) is 1. The molecule has 0 saturated carbocycles. The fourth-order valence-corrected chi connectivity index (χ4v) is 2.42. The first-order chi connectivity index (χ1) is 10.1. The molecular formula is C15H18N2O3S. The lowest BCUT2D eigenvalue weighted by atomic mass is 10.1. The highest BCUT2D eigenvalue weighted by Crippen LogP contribution is 2.23. The summed E-state index contributed by atoms with van der Waals surface area (Å²) in [6, 6.07) is 7.36. The summed E-state index contributed by atoms with van der Waals surface area (Å²) in [5.74, 6) is 0.563. The standard InChI is InChI=1S/C15H18N2O3S/c1-3-17-14(19)13(16(2)15(17)21)10-11-5-4-6-12(9-11)20-8-7-18/h4-6,9-10,18H,3,7-8H2,1-2H3/b13-10+. The van der Waals surface area contributed by atoms with E-state index in [-0.39, 0.29) is 19.1 Å². The van der Waals surface area contributed by atoms with Crippen LogP contribution in [0, 0.1) is 0 Å². The lowest BCUT2D eigenvalue weighted by molar-refractivity contribution is -0.122. The van der Waals surface area contributed by atoms with Crippen LogP contribution >= 0.6 is 12.2 Å². The predicted molar refractivity (Wildman–Crippen MR) is 84.7 cm³/mol. The van der Waals surface area contributed by atoms with Crippen molar-refractivity contribution < 1.29 is 14.6 Å². The monoisotopic (exact) mass is 306 g/mol. The molecule has 2 rings (SSSR count). The molecule has 0 radical (unpaired) electrons. The number of hydrogen-bond acceptors (Lipinski definition) is 4. The molecule has 0 atom stereocenters. The van der Waals surface area contributed by atoms with Crippen LogP contribution in [0.3, 0.4) is 0 Å². The van der Waals surface area contributed by atoms with E-state index in [0.717, 1.165) is 5.56 Å². The summed E-state index contributed by atoms with van der Waals surface area (Å²) in [6.07, 6.45) is 1.79. The molecule has 1 amide bonds. The molecule has 0 aromatic heterocycles. The van der Waals surface area contributed by atoms with Crippen molar-refractivity contribution in [1.29, 1.82) is 0 Å². The summed E-state index contributed by atoms with van der Waals surface area (Å²) < 4.78 is 5.36. The minimum atomic E-state index is -0.0910. The fourth-order valence-electron chi connectivity index (χ4n) is 2.11. The Balaban J connectivity index is 2.27. The maximum absolute atomic E-state index is 12.3. The zero-order valence-corrected chi connectivity index (χ0v) is 12.9. The Labute approximate surface area is 129 Å². The van der Waals surface area contributed by atoms with Crippen LogP contribution < -0.4 is 4.74 Å². The Morgan fingerprint density at radius 1 is 1.43 bits per heavy atom. The van der Waals surface area contributed by atoms with Gasteiger partial charge in [0.05, 0.1) is 6.61 Å². The van der Waals surface area contributed by atoms with E-state index in [2.05, 4.69) is 0 Å². The van der Waals surface area contributed by atoms with E-state index in [9.17, 15) is 4.79 Å². The van der Waals surface area contributed by atoms with E-state index >= 15 is 0 Å². The van der Waals surface area contributed by atoms with E-state index in [1.807, 2.05) is 25.1 Å². The number of rotatable bonds is 5. The molecule has 5 nitrogen and oxygen atoms in total. The molecule has 1 heterocycles. The molecule has 1 fully saturated rings. The Kier molecular flexibility index (Phi) is 4.93. The number of aliphatic hydroxyl groups excluding tert-OH is 1. The van der Waals surface area contributed by atoms with Crippen molar-refractivity contribution in [2.45, 2.75) is 6.92 Å². The van der Waals surface area contributed by atoms with Gasteiger partial charge in [-0.15, -0.1) is 0 Å². The normalized spacial score (nSPS) is 17.0. The summed E-state index contributed by atoms with van der Waals surface area (Å²) in [4.78, 5) is 15.6. The third-order valence-electron chi connectivity index (χ3n) is 3.18. The highest BCUT2D eigenvalue weighted by molar-refractivity contribution is 7.80. The summed E-state index contributed by atoms with van der Waals surface area (Å²) in [5.41, 5.74) is 1.39. The molecule has 1 saturated heterocycles. The van der Waals surface area contributed by atoms with E-state index in [1.165, 1.54) is 0 Å². The first-order valence-electron chi connectivity index (χ1n) is 6.73. The summed E-state index contributed by atoms with van der Waals surface area (Å²) in [7, 11) is 1.79. The van der Waals surface area contributed by atoms with Gasteiger partial charge < -0.3 is 14.7 Å². The fraction of sp³-hybridized carbons (Fsp3) is 0.333. The molecule has 1 aromatic carbocycles. The molecule has 1 aromatic rings. The van der Waals surface area contributed by atoms with Crippen LogP contribution in [0.25, 0.3) is 6.08 Å². The number of likely N-dealkylation sites (N-methyl/N-ethyl adjacent to an activating group) is 2. The smallest absolute Gasteiger partial charge is 0.276 e. The average molecular weight is 306 g/mol. The molecule has 1 aliphatic heterocycles. The average Bonchev–Trinajstić information content (AvgIpc) is 2.69. The Morgan fingerprint density at radius 2 is 2.19 bits per heavy atom. The molecule has 0 spiro atoms. The number of aliphatic hydroxyl groups is 1. The van der Waals surface area contributed by atoms with Gasteiger partial charge in [0, 0.05) is 13.6 Å². The highest BCUT2D eigenvalue weighted by atomic mass is 32.1. The maximum atomic E-state index is 12.3. The van der Waals surface area contributed by atoms with Gasteiger partial charge in [-0.2, -0.15) is 0 Å². The summed E-state index contributed by atoms with van der Waals surface area (Å²) >= 11 is 5.25. The molecule has 0 aliphatic carbocycles. The quantitative estimate of drug-likeness (QED) is 0.659. The van der Waals surface area contributed by atoms with Crippen LogP contribution in [-0.4, -0.2) is 52.7 Å². The molecule has 0 bridgehead atoms. The van der Waals surface area contributed by atoms with Gasteiger partial charge in [0.1, 0.15) is 18.1 Å². The summed E-state index contributed by atoms with van der Waals surface area (Å²) in [6.45, 7) is 2.65. The van der Waals surface area contributed by atoms with Gasteiger partial charge in [0.25, 0.3) is 5.91 Å². The number of benzene rings is 1. The maximum Gasteiger partial charge on any atom is 0.276 e. The van der Waals surface area contributed by atoms with Crippen LogP contribution in [-0.2, 0) is 4.79 Å². The van der Waals surface area contributed by atoms with Gasteiger partial charge in [-0.3, -0.25) is 9.69 Å². The SMILES string of the molecule is CCN1C(=O)/C(=C\c2cccc(OCCO)c2)N(C)C1=S. The van der Waals surface area contributed by atoms with Gasteiger partial charge in [-0.1, -0.05) is 12.1 Å². The number of carbonyl (C=O) groups excluding carboxylic acids is 1. The van der Waals surface area contributed by atoms with E-state index in [4.69, 9.17) is 22.1 Å². The second kappa shape index (κ2) is 6.69. The van der Waals surface area contributed by atoms with Crippen molar-refractivity contribution in [3.63, 3.8) is 0 Å². The van der Waals surface area contributed by atoms with Gasteiger partial charge in [0.2, 0.25) is 0 Å². The van der Waals surface area contributed by atoms with Crippen LogP contribution in [0.5, 0.6) is 5.75 Å². The van der Waals surface area contributed by atoms with Gasteiger partial charge in [-0.05, 0) is 42.9 Å². The zero-order valence-electron chi connectivity index (χ0n) is 12.1. The largest absolute Gasteiger partial charge is 0.491 e.